The minimum absolute atomic E-state index is 0.202. The molecule has 0 N–H and O–H groups in total. The zero-order valence-corrected chi connectivity index (χ0v) is 9.90. The monoisotopic (exact) mass is 261 g/mol. The summed E-state index contributed by atoms with van der Waals surface area (Å²) >= 11 is 11.2. The highest BCUT2D eigenvalue weighted by atomic mass is 35.5. The number of aromatic nitrogens is 3. The first kappa shape index (κ1) is 11.3. The lowest BCUT2D eigenvalue weighted by atomic mass is 10.2. The zero-order valence-electron chi connectivity index (χ0n) is 8.38. The molecule has 84 valence electrons. The van der Waals surface area contributed by atoms with Crippen molar-refractivity contribution in [3.63, 3.8) is 0 Å². The van der Waals surface area contributed by atoms with Gasteiger partial charge < -0.3 is 4.52 Å². The average Bonchev–Trinajstić information content (AvgIpc) is 2.54. The lowest BCUT2D eigenvalue weighted by Crippen LogP contribution is -1.96. The number of aryl methyl sites for hydroxylation is 2. The van der Waals surface area contributed by atoms with Crippen LogP contribution in [0.3, 0.4) is 0 Å². The lowest BCUT2D eigenvalue weighted by molar-refractivity contribution is 0.393. The van der Waals surface area contributed by atoms with Gasteiger partial charge in [0.15, 0.2) is 21.9 Å². The fourth-order valence-corrected chi connectivity index (χ4v) is 1.70. The first-order chi connectivity index (χ1) is 7.50. The van der Waals surface area contributed by atoms with Gasteiger partial charge in [0.2, 0.25) is 0 Å². The molecule has 7 heteroatoms. The van der Waals surface area contributed by atoms with Crippen molar-refractivity contribution in [1.29, 1.82) is 0 Å². The average molecular weight is 262 g/mol. The standard InChI is InChI=1S/C9H6Cl2FN3O/c1-3-5(4(2)16-15-3)9-13-7(10)6(12)8(11)14-9/h1-2H3. The Balaban J connectivity index is 2.66. The predicted octanol–water partition coefficient (Wildman–Crippen LogP) is 3.19. The number of hydrogen-bond acceptors (Lipinski definition) is 4. The summed E-state index contributed by atoms with van der Waals surface area (Å²) in [5.74, 6) is -0.109. The molecule has 0 bridgehead atoms. The molecule has 0 amide bonds. The third kappa shape index (κ3) is 1.76. The second kappa shape index (κ2) is 3.99. The maximum atomic E-state index is 13.1. The van der Waals surface area contributed by atoms with Crippen molar-refractivity contribution < 1.29 is 8.91 Å². The lowest BCUT2D eigenvalue weighted by Gasteiger charge is -2.01. The summed E-state index contributed by atoms with van der Waals surface area (Å²) in [5, 5.41) is 3.09. The van der Waals surface area contributed by atoms with Crippen molar-refractivity contribution in [2.45, 2.75) is 13.8 Å². The van der Waals surface area contributed by atoms with E-state index in [1.165, 1.54) is 0 Å². The van der Waals surface area contributed by atoms with Crippen LogP contribution in [-0.4, -0.2) is 15.1 Å². The van der Waals surface area contributed by atoms with Gasteiger partial charge in [-0.15, -0.1) is 0 Å². The number of hydrogen-bond donors (Lipinski definition) is 0. The summed E-state index contributed by atoms with van der Waals surface area (Å²) in [5.41, 5.74) is 1.17. The molecule has 16 heavy (non-hydrogen) atoms. The van der Waals surface area contributed by atoms with E-state index in [0.29, 0.717) is 17.0 Å². The van der Waals surface area contributed by atoms with Crippen molar-refractivity contribution in [2.24, 2.45) is 0 Å². The maximum Gasteiger partial charge on any atom is 0.197 e. The fraction of sp³-hybridized carbons (Fsp3) is 0.222. The van der Waals surface area contributed by atoms with E-state index >= 15 is 0 Å². The molecule has 0 atom stereocenters. The minimum atomic E-state index is -0.834. The molecule has 2 heterocycles. The molecule has 0 saturated heterocycles. The Morgan fingerprint density at radius 1 is 1.12 bits per heavy atom. The van der Waals surface area contributed by atoms with Gasteiger partial charge in [0.05, 0.1) is 11.3 Å². The molecule has 0 spiro atoms. The molecule has 0 radical (unpaired) electrons. The highest BCUT2D eigenvalue weighted by Crippen LogP contribution is 2.28. The van der Waals surface area contributed by atoms with Crippen LogP contribution in [0, 0.1) is 19.7 Å². The van der Waals surface area contributed by atoms with E-state index < -0.39 is 5.82 Å². The molecule has 0 fully saturated rings. The van der Waals surface area contributed by atoms with Crippen LogP contribution in [0.4, 0.5) is 4.39 Å². The molecule has 2 rings (SSSR count). The molecule has 2 aromatic rings. The summed E-state index contributed by atoms with van der Waals surface area (Å²) in [4.78, 5) is 7.59. The normalized spacial score (nSPS) is 10.8. The van der Waals surface area contributed by atoms with Crippen LogP contribution in [0.15, 0.2) is 4.52 Å². The van der Waals surface area contributed by atoms with Crippen LogP contribution in [0.1, 0.15) is 11.5 Å². The molecule has 2 aromatic heterocycles. The SMILES string of the molecule is Cc1noc(C)c1-c1nc(Cl)c(F)c(Cl)n1. The molecule has 0 unspecified atom stereocenters. The van der Waals surface area contributed by atoms with Crippen LogP contribution < -0.4 is 0 Å². The van der Waals surface area contributed by atoms with Crippen LogP contribution in [-0.2, 0) is 0 Å². The van der Waals surface area contributed by atoms with Gasteiger partial charge in [0, 0.05) is 0 Å². The molecule has 4 nitrogen and oxygen atoms in total. The number of halogens is 3. The van der Waals surface area contributed by atoms with E-state index in [0.717, 1.165) is 0 Å². The van der Waals surface area contributed by atoms with Crippen molar-refractivity contribution >= 4 is 23.2 Å². The summed E-state index contributed by atoms with van der Waals surface area (Å²) in [6.07, 6.45) is 0. The van der Waals surface area contributed by atoms with E-state index in [2.05, 4.69) is 15.1 Å². The van der Waals surface area contributed by atoms with Crippen LogP contribution in [0.5, 0.6) is 0 Å². The van der Waals surface area contributed by atoms with Crippen molar-refractivity contribution in [3.05, 3.63) is 27.6 Å². The third-order valence-electron chi connectivity index (χ3n) is 2.03. The Morgan fingerprint density at radius 2 is 1.69 bits per heavy atom. The Bertz CT molecular complexity index is 513. The van der Waals surface area contributed by atoms with Crippen LogP contribution in [0.2, 0.25) is 10.3 Å². The summed E-state index contributed by atoms with van der Waals surface area (Å²) in [6.45, 7) is 3.42. The molecule has 0 aliphatic heterocycles. The van der Waals surface area contributed by atoms with Crippen molar-refractivity contribution in [2.75, 3.05) is 0 Å². The van der Waals surface area contributed by atoms with Crippen LogP contribution in [0.25, 0.3) is 11.4 Å². The maximum absolute atomic E-state index is 13.1. The topological polar surface area (TPSA) is 51.8 Å². The highest BCUT2D eigenvalue weighted by Gasteiger charge is 2.18. The summed E-state index contributed by atoms with van der Waals surface area (Å²) in [7, 11) is 0. The van der Waals surface area contributed by atoms with Gasteiger partial charge in [-0.25, -0.2) is 14.4 Å². The zero-order chi connectivity index (χ0) is 11.9. The van der Waals surface area contributed by atoms with E-state index in [1.54, 1.807) is 13.8 Å². The molecular weight excluding hydrogens is 256 g/mol. The Kier molecular flexibility index (Phi) is 2.82. The van der Waals surface area contributed by atoms with Crippen LogP contribution >= 0.6 is 23.2 Å². The van der Waals surface area contributed by atoms with Crippen molar-refractivity contribution in [1.82, 2.24) is 15.1 Å². The third-order valence-corrected chi connectivity index (χ3v) is 2.53. The minimum Gasteiger partial charge on any atom is -0.361 e. The summed E-state index contributed by atoms with van der Waals surface area (Å²) in [6, 6.07) is 0. The fourth-order valence-electron chi connectivity index (χ4n) is 1.31. The van der Waals surface area contributed by atoms with Gasteiger partial charge in [-0.1, -0.05) is 28.4 Å². The second-order valence-corrected chi connectivity index (χ2v) is 3.86. The first-order valence-electron chi connectivity index (χ1n) is 4.32. The Hall–Kier alpha value is -1.20. The van der Waals surface area contributed by atoms with E-state index in [-0.39, 0.29) is 16.1 Å². The first-order valence-corrected chi connectivity index (χ1v) is 5.08. The van der Waals surface area contributed by atoms with Crippen molar-refractivity contribution in [3.8, 4) is 11.4 Å². The Labute approximate surface area is 100 Å². The quantitative estimate of drug-likeness (QED) is 0.740. The molecule has 0 aliphatic carbocycles. The van der Waals surface area contributed by atoms with Gasteiger partial charge in [-0.2, -0.15) is 0 Å². The molecule has 0 aromatic carbocycles. The van der Waals surface area contributed by atoms with Gasteiger partial charge in [0.25, 0.3) is 0 Å². The van der Waals surface area contributed by atoms with Gasteiger partial charge in [-0.3, -0.25) is 0 Å². The van der Waals surface area contributed by atoms with E-state index in [4.69, 9.17) is 27.7 Å². The molecular formula is C9H6Cl2FN3O. The van der Waals surface area contributed by atoms with Gasteiger partial charge in [-0.05, 0) is 13.8 Å². The van der Waals surface area contributed by atoms with Gasteiger partial charge in [0.1, 0.15) is 5.76 Å². The van der Waals surface area contributed by atoms with E-state index in [1.807, 2.05) is 0 Å². The van der Waals surface area contributed by atoms with Gasteiger partial charge >= 0.3 is 0 Å². The largest absolute Gasteiger partial charge is 0.361 e. The molecule has 0 saturated carbocycles. The number of nitrogens with zero attached hydrogens (tertiary/aromatic N) is 3. The summed E-state index contributed by atoms with van der Waals surface area (Å²) < 4.78 is 18.1. The predicted molar refractivity (Wildman–Crippen MR) is 57.0 cm³/mol. The number of rotatable bonds is 1. The Morgan fingerprint density at radius 3 is 2.12 bits per heavy atom. The molecule has 0 aliphatic rings. The highest BCUT2D eigenvalue weighted by molar-refractivity contribution is 6.33. The second-order valence-electron chi connectivity index (χ2n) is 3.14. The van der Waals surface area contributed by atoms with E-state index in [9.17, 15) is 4.39 Å². The smallest absolute Gasteiger partial charge is 0.197 e.